The number of thioether (sulfide) groups is 1. The van der Waals surface area contributed by atoms with Gasteiger partial charge < -0.3 is 19.4 Å². The lowest BCUT2D eigenvalue weighted by Crippen LogP contribution is -2.31. The highest BCUT2D eigenvalue weighted by Gasteiger charge is 2.28. The molecule has 0 aliphatic heterocycles. The van der Waals surface area contributed by atoms with Crippen LogP contribution in [0.15, 0.2) is 5.16 Å². The minimum atomic E-state index is -1.48. The van der Waals surface area contributed by atoms with Gasteiger partial charge >= 0.3 is 18.0 Å². The molecule has 0 fully saturated rings. The number of oxime groups is 1. The van der Waals surface area contributed by atoms with E-state index >= 15 is 0 Å². The van der Waals surface area contributed by atoms with Crippen LogP contribution in [0.25, 0.3) is 0 Å². The van der Waals surface area contributed by atoms with Gasteiger partial charge in [0.05, 0.1) is 0 Å². The van der Waals surface area contributed by atoms with E-state index < -0.39 is 40.4 Å². The van der Waals surface area contributed by atoms with E-state index in [4.69, 9.17) is 14.3 Å². The maximum absolute atomic E-state index is 12.1. The van der Waals surface area contributed by atoms with Crippen molar-refractivity contribution in [2.75, 3.05) is 11.6 Å². The molecule has 0 saturated heterocycles. The smallest absolute Gasteiger partial charge is 0.414 e. The van der Waals surface area contributed by atoms with Crippen molar-refractivity contribution >= 4 is 52.2 Å². The van der Waals surface area contributed by atoms with Crippen molar-refractivity contribution in [2.24, 2.45) is 5.16 Å². The number of carboxylic acid groups (broad SMARTS) is 1. The molecule has 0 aliphatic rings. The van der Waals surface area contributed by atoms with Crippen molar-refractivity contribution in [1.29, 1.82) is 0 Å². The summed E-state index contributed by atoms with van der Waals surface area (Å²) in [5, 5.41) is 15.2. The summed E-state index contributed by atoms with van der Waals surface area (Å²) in [5.41, 5.74) is -3.28. The normalized spacial score (nSPS) is 13.4. The molecule has 1 unspecified atom stereocenters. The monoisotopic (exact) mass is 448 g/mol. The van der Waals surface area contributed by atoms with Gasteiger partial charge in [0, 0.05) is 11.5 Å². The van der Waals surface area contributed by atoms with Crippen LogP contribution in [0.4, 0.5) is 9.93 Å². The second-order valence-electron chi connectivity index (χ2n) is 7.50. The summed E-state index contributed by atoms with van der Waals surface area (Å²) in [5.74, 6) is -2.48. The Morgan fingerprint density at radius 2 is 1.72 bits per heavy atom. The molecule has 29 heavy (non-hydrogen) atoms. The van der Waals surface area contributed by atoms with Crippen LogP contribution in [0.2, 0.25) is 0 Å². The molecule has 1 aromatic rings. The molecule has 1 aromatic heterocycles. The summed E-state index contributed by atoms with van der Waals surface area (Å²) in [6, 6.07) is 0. The highest BCUT2D eigenvalue weighted by atomic mass is 32.2. The summed E-state index contributed by atoms with van der Waals surface area (Å²) in [7, 11) is 0. The second-order valence-corrected chi connectivity index (χ2v) is 9.15. The highest BCUT2D eigenvalue weighted by Crippen LogP contribution is 2.18. The SMILES string of the molecule is CSC(ON=C(C(=O)O)c1nsc(NC(=O)OC(C)(C)C)n1)C(=O)OC(C)(C)C. The number of nitrogens with one attached hydrogen (secondary N) is 1. The maximum Gasteiger partial charge on any atom is 0.414 e. The van der Waals surface area contributed by atoms with Crippen LogP contribution >= 0.6 is 23.3 Å². The molecular formula is C16H24N4O7S2. The van der Waals surface area contributed by atoms with Gasteiger partial charge in [-0.3, -0.25) is 5.32 Å². The van der Waals surface area contributed by atoms with Gasteiger partial charge in [-0.25, -0.2) is 14.4 Å². The Labute approximate surface area is 176 Å². The van der Waals surface area contributed by atoms with E-state index in [1.165, 1.54) is 0 Å². The third-order valence-electron chi connectivity index (χ3n) is 2.50. The fraction of sp³-hybridized carbons (Fsp3) is 0.625. The number of nitrogens with zero attached hydrogens (tertiary/aromatic N) is 3. The van der Waals surface area contributed by atoms with Gasteiger partial charge in [0.1, 0.15) is 11.2 Å². The van der Waals surface area contributed by atoms with Crippen LogP contribution in [0.5, 0.6) is 0 Å². The molecule has 1 rings (SSSR count). The van der Waals surface area contributed by atoms with Crippen LogP contribution < -0.4 is 5.32 Å². The first-order valence-electron chi connectivity index (χ1n) is 8.28. The molecule has 0 spiro atoms. The number of hydrogen-bond donors (Lipinski definition) is 2. The van der Waals surface area contributed by atoms with Crippen LogP contribution in [0, 0.1) is 0 Å². The van der Waals surface area contributed by atoms with Gasteiger partial charge in [0.25, 0.3) is 5.44 Å². The lowest BCUT2D eigenvalue weighted by Gasteiger charge is -2.21. The number of esters is 1. The Kier molecular flexibility index (Phi) is 8.38. The number of aromatic nitrogens is 2. The molecule has 0 aromatic carbocycles. The highest BCUT2D eigenvalue weighted by molar-refractivity contribution is 7.99. The molecule has 13 heteroatoms. The number of hydrogen-bond acceptors (Lipinski definition) is 11. The fourth-order valence-corrected chi connectivity index (χ4v) is 2.50. The van der Waals surface area contributed by atoms with Crippen molar-refractivity contribution < 1.29 is 33.8 Å². The van der Waals surface area contributed by atoms with Crippen molar-refractivity contribution in [2.45, 2.75) is 58.2 Å². The van der Waals surface area contributed by atoms with E-state index in [1.54, 1.807) is 47.8 Å². The topological polar surface area (TPSA) is 149 Å². The molecule has 1 heterocycles. The van der Waals surface area contributed by atoms with E-state index in [9.17, 15) is 19.5 Å². The molecule has 162 valence electrons. The van der Waals surface area contributed by atoms with Gasteiger partial charge in [-0.1, -0.05) is 5.16 Å². The van der Waals surface area contributed by atoms with E-state index in [1.807, 2.05) is 0 Å². The zero-order valence-corrected chi connectivity index (χ0v) is 18.8. The first-order chi connectivity index (χ1) is 13.2. The van der Waals surface area contributed by atoms with Crippen LogP contribution in [0.1, 0.15) is 47.4 Å². The number of aliphatic carboxylic acids is 1. The molecule has 1 atom stereocenters. The minimum absolute atomic E-state index is 0.0109. The number of carboxylic acids is 1. The number of amides is 1. The van der Waals surface area contributed by atoms with Crippen molar-refractivity contribution in [3.63, 3.8) is 0 Å². The Bertz CT molecular complexity index is 781. The summed E-state index contributed by atoms with van der Waals surface area (Å²) < 4.78 is 14.1. The van der Waals surface area contributed by atoms with Crippen LogP contribution in [0.3, 0.4) is 0 Å². The lowest BCUT2D eigenvalue weighted by atomic mass is 10.2. The van der Waals surface area contributed by atoms with Gasteiger partial charge in [-0.2, -0.15) is 9.36 Å². The number of ether oxygens (including phenoxy) is 2. The third-order valence-corrected chi connectivity index (χ3v) is 3.84. The number of anilines is 1. The zero-order valence-electron chi connectivity index (χ0n) is 17.1. The van der Waals surface area contributed by atoms with Gasteiger partial charge in [0.2, 0.25) is 16.7 Å². The van der Waals surface area contributed by atoms with Gasteiger partial charge in [-0.15, -0.1) is 11.8 Å². The summed E-state index contributed by atoms with van der Waals surface area (Å²) in [6.45, 7) is 10.1. The number of rotatable bonds is 7. The minimum Gasteiger partial charge on any atom is -0.476 e. The Morgan fingerprint density at radius 1 is 1.14 bits per heavy atom. The molecule has 0 bridgehead atoms. The average Bonchev–Trinajstić information content (AvgIpc) is 2.95. The summed E-state index contributed by atoms with van der Waals surface area (Å²) in [6.07, 6.45) is 0.812. The number of carbonyl (C=O) groups excluding carboxylic acids is 2. The van der Waals surface area contributed by atoms with Crippen molar-refractivity contribution in [3.8, 4) is 0 Å². The molecule has 1 amide bonds. The summed E-state index contributed by atoms with van der Waals surface area (Å²) >= 11 is 1.71. The average molecular weight is 449 g/mol. The molecule has 0 saturated carbocycles. The Balaban J connectivity index is 2.92. The van der Waals surface area contributed by atoms with E-state index in [0.29, 0.717) is 0 Å². The molecular weight excluding hydrogens is 424 g/mol. The Hall–Kier alpha value is -2.41. The predicted octanol–water partition coefficient (Wildman–Crippen LogP) is 2.72. The quantitative estimate of drug-likeness (QED) is 0.276. The van der Waals surface area contributed by atoms with Crippen molar-refractivity contribution in [3.05, 3.63) is 5.82 Å². The van der Waals surface area contributed by atoms with Gasteiger partial charge in [-0.05, 0) is 47.8 Å². The zero-order chi connectivity index (χ0) is 22.4. The summed E-state index contributed by atoms with van der Waals surface area (Å²) in [4.78, 5) is 44.3. The largest absolute Gasteiger partial charge is 0.476 e. The molecule has 0 aliphatic carbocycles. The maximum atomic E-state index is 12.1. The first-order valence-corrected chi connectivity index (χ1v) is 10.3. The van der Waals surface area contributed by atoms with Crippen LogP contribution in [-0.2, 0) is 23.9 Å². The van der Waals surface area contributed by atoms with Crippen LogP contribution in [-0.4, -0.2) is 61.1 Å². The number of carbonyl (C=O) groups is 3. The lowest BCUT2D eigenvalue weighted by molar-refractivity contribution is -0.162. The molecule has 11 nitrogen and oxygen atoms in total. The first kappa shape index (κ1) is 24.6. The van der Waals surface area contributed by atoms with E-state index in [-0.39, 0.29) is 11.0 Å². The predicted molar refractivity (Wildman–Crippen MR) is 108 cm³/mol. The van der Waals surface area contributed by atoms with Gasteiger partial charge in [0.15, 0.2) is 0 Å². The second kappa shape index (κ2) is 9.87. The standard InChI is InChI=1S/C16H24N4O7S2/c1-15(2,3)25-11(23)12(28-7)27-19-8(10(21)22)9-17-13(29-20-9)18-14(24)26-16(4,5)6/h12H,1-7H3,(H,21,22)(H,17,18,20,24). The van der Waals surface area contributed by atoms with E-state index in [0.717, 1.165) is 23.3 Å². The van der Waals surface area contributed by atoms with E-state index in [2.05, 4.69) is 19.8 Å². The van der Waals surface area contributed by atoms with Crippen molar-refractivity contribution in [1.82, 2.24) is 9.36 Å². The third kappa shape index (κ3) is 9.09. The molecule has 0 radical (unpaired) electrons. The Morgan fingerprint density at radius 3 is 2.21 bits per heavy atom. The molecule has 2 N–H and O–H groups in total. The fourth-order valence-electron chi connectivity index (χ4n) is 1.57.